The maximum Gasteiger partial charge on any atom is 0.413 e. The minimum atomic E-state index is -1.15. The number of allylic oxidation sites excluding steroid dienone is 2. The molecule has 2 rings (SSSR count). The third-order valence-corrected chi connectivity index (χ3v) is 4.23. The molecule has 0 aromatic heterocycles. The van der Waals surface area contributed by atoms with E-state index in [2.05, 4.69) is 0 Å². The zero-order chi connectivity index (χ0) is 19.0. The standard InChI is InChI=1S/C19H27NO5/c1-17(2,3)25-16(23)20-14(12-24-18(20,4)5)13-9-7-8-10-19(6,11-13)15(21)22/h7-11,14H,12H2,1-6H3,(H,21,22). The molecular weight excluding hydrogens is 322 g/mol. The molecule has 0 aromatic rings. The average Bonchev–Trinajstić information content (AvgIpc) is 2.62. The summed E-state index contributed by atoms with van der Waals surface area (Å²) in [5, 5.41) is 9.55. The first-order valence-corrected chi connectivity index (χ1v) is 8.34. The van der Waals surface area contributed by atoms with E-state index < -0.39 is 34.8 Å². The van der Waals surface area contributed by atoms with Gasteiger partial charge in [-0.3, -0.25) is 9.69 Å². The van der Waals surface area contributed by atoms with Gasteiger partial charge in [0.2, 0.25) is 0 Å². The van der Waals surface area contributed by atoms with E-state index in [1.165, 1.54) is 0 Å². The third kappa shape index (κ3) is 4.12. The highest BCUT2D eigenvalue weighted by molar-refractivity contribution is 5.80. The molecule has 1 aliphatic carbocycles. The number of hydrogen-bond acceptors (Lipinski definition) is 4. The number of carboxylic acid groups (broad SMARTS) is 1. The Labute approximate surface area is 148 Å². The highest BCUT2D eigenvalue weighted by Crippen LogP contribution is 2.36. The van der Waals surface area contributed by atoms with Crippen LogP contribution in [-0.2, 0) is 14.3 Å². The van der Waals surface area contributed by atoms with Crippen LogP contribution < -0.4 is 0 Å². The largest absolute Gasteiger partial charge is 0.480 e. The summed E-state index contributed by atoms with van der Waals surface area (Å²) in [5.74, 6) is -0.952. The molecule has 6 heteroatoms. The average molecular weight is 349 g/mol. The molecular formula is C19H27NO5. The molecule has 0 bridgehead atoms. The SMILES string of the molecule is CC(C)(C)OC(=O)N1C(C2=CC(C)(C(=O)O)C=CC=C2)COC1(C)C. The molecule has 138 valence electrons. The Morgan fingerprint density at radius 2 is 1.92 bits per heavy atom. The van der Waals surface area contributed by atoms with E-state index in [1.807, 2.05) is 6.08 Å². The molecule has 1 fully saturated rings. The van der Waals surface area contributed by atoms with Gasteiger partial charge in [0.15, 0.2) is 0 Å². The number of carboxylic acids is 1. The molecule has 1 heterocycles. The monoisotopic (exact) mass is 349 g/mol. The summed E-state index contributed by atoms with van der Waals surface area (Å²) in [7, 11) is 0. The van der Waals surface area contributed by atoms with Gasteiger partial charge in [-0.05, 0) is 47.1 Å². The summed E-state index contributed by atoms with van der Waals surface area (Å²) in [6.45, 7) is 10.9. The number of hydrogen-bond donors (Lipinski definition) is 1. The number of rotatable bonds is 2. The number of nitrogens with zero attached hydrogens (tertiary/aromatic N) is 1. The fourth-order valence-corrected chi connectivity index (χ4v) is 2.91. The van der Waals surface area contributed by atoms with Crippen LogP contribution in [0.15, 0.2) is 36.0 Å². The van der Waals surface area contributed by atoms with Crippen LogP contribution in [0.2, 0.25) is 0 Å². The zero-order valence-corrected chi connectivity index (χ0v) is 15.7. The molecule has 2 atom stereocenters. The summed E-state index contributed by atoms with van der Waals surface area (Å²) >= 11 is 0. The Morgan fingerprint density at radius 3 is 2.48 bits per heavy atom. The molecule has 0 aromatic carbocycles. The van der Waals surface area contributed by atoms with Crippen LogP contribution in [0.25, 0.3) is 0 Å². The second-order valence-corrected chi connectivity index (χ2v) is 8.07. The van der Waals surface area contributed by atoms with Gasteiger partial charge in [-0.15, -0.1) is 0 Å². The first-order valence-electron chi connectivity index (χ1n) is 8.34. The highest BCUT2D eigenvalue weighted by Gasteiger charge is 2.47. The van der Waals surface area contributed by atoms with E-state index >= 15 is 0 Å². The molecule has 0 radical (unpaired) electrons. The molecule has 1 aliphatic heterocycles. The minimum absolute atomic E-state index is 0.276. The predicted octanol–water partition coefficient (Wildman–Crippen LogP) is 3.50. The van der Waals surface area contributed by atoms with E-state index in [0.29, 0.717) is 5.57 Å². The van der Waals surface area contributed by atoms with Crippen LogP contribution >= 0.6 is 0 Å². The van der Waals surface area contributed by atoms with Gasteiger partial charge in [0, 0.05) is 0 Å². The van der Waals surface area contributed by atoms with Gasteiger partial charge in [0.05, 0.1) is 12.6 Å². The van der Waals surface area contributed by atoms with Crippen LogP contribution in [0.4, 0.5) is 4.79 Å². The van der Waals surface area contributed by atoms with Gasteiger partial charge in [-0.2, -0.15) is 0 Å². The van der Waals surface area contributed by atoms with Gasteiger partial charge < -0.3 is 14.6 Å². The topological polar surface area (TPSA) is 76.1 Å². The summed E-state index contributed by atoms with van der Waals surface area (Å²) in [4.78, 5) is 26.0. The Hall–Kier alpha value is -2.08. The quantitative estimate of drug-likeness (QED) is 0.826. The third-order valence-electron chi connectivity index (χ3n) is 4.23. The number of carbonyl (C=O) groups is 2. The molecule has 25 heavy (non-hydrogen) atoms. The van der Waals surface area contributed by atoms with Gasteiger partial charge in [0.25, 0.3) is 0 Å². The number of carbonyl (C=O) groups excluding carboxylic acids is 1. The lowest BCUT2D eigenvalue weighted by Crippen LogP contribution is -2.50. The number of amides is 1. The molecule has 0 saturated carbocycles. The molecule has 2 aliphatic rings. The summed E-state index contributed by atoms with van der Waals surface area (Å²) in [5.41, 5.74) is -1.91. The van der Waals surface area contributed by atoms with E-state index in [9.17, 15) is 14.7 Å². The summed E-state index contributed by atoms with van der Waals surface area (Å²) < 4.78 is 11.3. The highest BCUT2D eigenvalue weighted by atomic mass is 16.6. The van der Waals surface area contributed by atoms with Gasteiger partial charge in [0.1, 0.15) is 16.7 Å². The van der Waals surface area contributed by atoms with Crippen LogP contribution in [0, 0.1) is 5.41 Å². The lowest BCUT2D eigenvalue weighted by Gasteiger charge is -2.35. The maximum absolute atomic E-state index is 12.8. The molecule has 1 N–H and O–H groups in total. The van der Waals surface area contributed by atoms with Crippen molar-refractivity contribution in [2.24, 2.45) is 5.41 Å². The van der Waals surface area contributed by atoms with Crippen molar-refractivity contribution in [3.05, 3.63) is 36.0 Å². The second kappa shape index (κ2) is 6.33. The number of aliphatic carboxylic acids is 1. The van der Waals surface area contributed by atoms with Crippen molar-refractivity contribution in [3.63, 3.8) is 0 Å². The Morgan fingerprint density at radius 1 is 1.28 bits per heavy atom. The van der Waals surface area contributed by atoms with Crippen molar-refractivity contribution in [2.75, 3.05) is 6.61 Å². The summed E-state index contributed by atoms with van der Waals surface area (Å²) in [6, 6.07) is -0.417. The van der Waals surface area contributed by atoms with E-state index in [-0.39, 0.29) is 6.61 Å². The fourth-order valence-electron chi connectivity index (χ4n) is 2.91. The van der Waals surface area contributed by atoms with Gasteiger partial charge in [-0.25, -0.2) is 4.79 Å². The van der Waals surface area contributed by atoms with Crippen LogP contribution in [0.5, 0.6) is 0 Å². The van der Waals surface area contributed by atoms with Crippen LogP contribution in [0.3, 0.4) is 0 Å². The Balaban J connectivity index is 2.41. The first-order chi connectivity index (χ1) is 11.4. The molecule has 0 spiro atoms. The maximum atomic E-state index is 12.8. The van der Waals surface area contributed by atoms with E-state index in [4.69, 9.17) is 9.47 Å². The molecule has 6 nitrogen and oxygen atoms in total. The molecule has 1 saturated heterocycles. The van der Waals surface area contributed by atoms with E-state index in [1.54, 1.807) is 70.7 Å². The number of ether oxygens (including phenoxy) is 2. The van der Waals surface area contributed by atoms with Crippen molar-refractivity contribution in [2.45, 2.75) is 58.9 Å². The van der Waals surface area contributed by atoms with Crippen LogP contribution in [-0.4, -0.2) is 46.0 Å². The lowest BCUT2D eigenvalue weighted by molar-refractivity contribution is -0.142. The molecule has 2 unspecified atom stereocenters. The van der Waals surface area contributed by atoms with Crippen molar-refractivity contribution in [1.29, 1.82) is 0 Å². The Bertz CT molecular complexity index is 653. The van der Waals surface area contributed by atoms with Crippen LogP contribution in [0.1, 0.15) is 41.5 Å². The van der Waals surface area contributed by atoms with Gasteiger partial charge in [-0.1, -0.05) is 30.4 Å². The first kappa shape index (κ1) is 19.2. The predicted molar refractivity (Wildman–Crippen MR) is 94.0 cm³/mol. The normalized spacial score (nSPS) is 28.5. The minimum Gasteiger partial charge on any atom is -0.480 e. The van der Waals surface area contributed by atoms with Gasteiger partial charge >= 0.3 is 12.1 Å². The zero-order valence-electron chi connectivity index (χ0n) is 15.7. The fraction of sp³-hybridized carbons (Fsp3) is 0.579. The van der Waals surface area contributed by atoms with Crippen molar-refractivity contribution < 1.29 is 24.2 Å². The van der Waals surface area contributed by atoms with Crippen molar-refractivity contribution in [3.8, 4) is 0 Å². The van der Waals surface area contributed by atoms with E-state index in [0.717, 1.165) is 0 Å². The lowest BCUT2D eigenvalue weighted by atomic mass is 9.87. The van der Waals surface area contributed by atoms with Crippen molar-refractivity contribution in [1.82, 2.24) is 4.90 Å². The smallest absolute Gasteiger partial charge is 0.413 e. The second-order valence-electron chi connectivity index (χ2n) is 8.07. The van der Waals surface area contributed by atoms with Crippen molar-refractivity contribution >= 4 is 12.1 Å². The summed E-state index contributed by atoms with van der Waals surface area (Å²) in [6.07, 6.45) is 8.11. The molecule has 1 amide bonds. The Kier molecular flexibility index (Phi) is 4.88.